The second-order valence-electron chi connectivity index (χ2n) is 8.65. The van der Waals surface area contributed by atoms with Crippen LogP contribution >= 0.6 is 0 Å². The van der Waals surface area contributed by atoms with Gasteiger partial charge in [-0.1, -0.05) is 12.1 Å². The lowest BCUT2D eigenvalue weighted by Gasteiger charge is -2.35. The van der Waals surface area contributed by atoms with Crippen LogP contribution < -0.4 is 4.74 Å². The van der Waals surface area contributed by atoms with Gasteiger partial charge in [0.05, 0.1) is 23.1 Å². The van der Waals surface area contributed by atoms with Crippen LogP contribution in [-0.4, -0.2) is 44.8 Å². The number of fused-ring (bicyclic) bond motifs is 1. The van der Waals surface area contributed by atoms with Crippen molar-refractivity contribution in [3.63, 3.8) is 0 Å². The molecule has 1 fully saturated rings. The monoisotopic (exact) mass is 424 g/mol. The van der Waals surface area contributed by atoms with Gasteiger partial charge in [-0.3, -0.25) is 4.90 Å². The molecular weight excluding hydrogens is 396 g/mol. The van der Waals surface area contributed by atoms with Crippen LogP contribution in [0.4, 0.5) is 0 Å². The average Bonchev–Trinajstić information content (AvgIpc) is 3.11. The summed E-state index contributed by atoms with van der Waals surface area (Å²) in [6.07, 6.45) is 5.39. The Balaban J connectivity index is 1.35. The molecule has 0 aromatic heterocycles. The molecule has 2 aliphatic rings. The third-order valence-corrected chi connectivity index (χ3v) is 7.62. The quantitative estimate of drug-likeness (QED) is 0.733. The van der Waals surface area contributed by atoms with Gasteiger partial charge < -0.3 is 4.74 Å². The summed E-state index contributed by atoms with van der Waals surface area (Å²) in [4.78, 5) is 2.93. The van der Waals surface area contributed by atoms with Crippen molar-refractivity contribution in [3.05, 3.63) is 59.2 Å². The van der Waals surface area contributed by atoms with E-state index in [9.17, 15) is 13.7 Å². The van der Waals surface area contributed by atoms with E-state index >= 15 is 0 Å². The van der Waals surface area contributed by atoms with E-state index in [4.69, 9.17) is 4.74 Å². The fourth-order valence-corrected chi connectivity index (χ4v) is 5.60. The lowest BCUT2D eigenvalue weighted by Crippen LogP contribution is -2.41. The Kier molecular flexibility index (Phi) is 5.86. The maximum absolute atomic E-state index is 11.6. The molecule has 30 heavy (non-hydrogen) atoms. The molecule has 1 heterocycles. The maximum atomic E-state index is 11.6. The van der Waals surface area contributed by atoms with Crippen LogP contribution in [0.2, 0.25) is 0 Å². The van der Waals surface area contributed by atoms with E-state index in [2.05, 4.69) is 24.0 Å². The van der Waals surface area contributed by atoms with Gasteiger partial charge in [0.1, 0.15) is 5.75 Å². The number of nitriles is 1. The first-order chi connectivity index (χ1) is 14.3. The fraction of sp³-hybridized carbons (Fsp3) is 0.458. The van der Waals surface area contributed by atoms with Crippen LogP contribution in [0.3, 0.4) is 0 Å². The zero-order valence-corrected chi connectivity index (χ0v) is 18.4. The van der Waals surface area contributed by atoms with Crippen molar-refractivity contribution in [1.82, 2.24) is 4.90 Å². The molecule has 0 radical (unpaired) electrons. The summed E-state index contributed by atoms with van der Waals surface area (Å²) in [6, 6.07) is 16.1. The Labute approximate surface area is 179 Å². The Morgan fingerprint density at radius 3 is 2.67 bits per heavy atom. The topological polar surface area (TPSA) is 70.4 Å². The minimum absolute atomic E-state index is 0.313. The van der Waals surface area contributed by atoms with E-state index in [1.165, 1.54) is 17.4 Å². The van der Waals surface area contributed by atoms with Crippen molar-refractivity contribution in [2.75, 3.05) is 19.4 Å². The summed E-state index contributed by atoms with van der Waals surface area (Å²) >= 11 is 0. The van der Waals surface area contributed by atoms with Gasteiger partial charge in [-0.25, -0.2) is 8.42 Å². The highest BCUT2D eigenvalue weighted by Crippen LogP contribution is 2.33. The van der Waals surface area contributed by atoms with Crippen molar-refractivity contribution in [1.29, 1.82) is 5.26 Å². The number of benzene rings is 2. The molecule has 2 aromatic carbocycles. The van der Waals surface area contributed by atoms with E-state index in [1.54, 1.807) is 24.3 Å². The van der Waals surface area contributed by atoms with Gasteiger partial charge in [-0.2, -0.15) is 5.26 Å². The lowest BCUT2D eigenvalue weighted by molar-refractivity contribution is 0.164. The molecule has 5 nitrogen and oxygen atoms in total. The highest BCUT2D eigenvalue weighted by atomic mass is 32.2. The van der Waals surface area contributed by atoms with Crippen molar-refractivity contribution in [2.45, 2.75) is 49.6 Å². The van der Waals surface area contributed by atoms with Gasteiger partial charge in [0, 0.05) is 30.8 Å². The summed E-state index contributed by atoms with van der Waals surface area (Å²) in [7, 11) is -3.18. The highest BCUT2D eigenvalue weighted by molar-refractivity contribution is 7.90. The molecule has 1 saturated heterocycles. The molecule has 0 spiro atoms. The second-order valence-corrected chi connectivity index (χ2v) is 10.7. The Morgan fingerprint density at radius 2 is 1.97 bits per heavy atom. The molecule has 2 aromatic rings. The first kappa shape index (κ1) is 20.9. The zero-order chi connectivity index (χ0) is 21.3. The summed E-state index contributed by atoms with van der Waals surface area (Å²) < 4.78 is 29.1. The molecular formula is C24H28N2O3S. The van der Waals surface area contributed by atoms with Crippen molar-refractivity contribution in [2.24, 2.45) is 5.92 Å². The van der Waals surface area contributed by atoms with Gasteiger partial charge in [0.15, 0.2) is 9.84 Å². The van der Waals surface area contributed by atoms with E-state index in [1.807, 2.05) is 12.1 Å². The van der Waals surface area contributed by atoms with Crippen molar-refractivity contribution in [3.8, 4) is 11.8 Å². The number of nitrogens with zero attached hydrogens (tertiary/aromatic N) is 2. The second kappa shape index (κ2) is 8.41. The largest absolute Gasteiger partial charge is 0.493 e. The average molecular weight is 425 g/mol. The number of hydrogen-bond acceptors (Lipinski definition) is 5. The predicted octanol–water partition coefficient (Wildman–Crippen LogP) is 3.61. The minimum Gasteiger partial charge on any atom is -0.493 e. The van der Waals surface area contributed by atoms with Crippen LogP contribution in [0.5, 0.6) is 5.75 Å². The van der Waals surface area contributed by atoms with Gasteiger partial charge >= 0.3 is 0 Å². The fourth-order valence-electron chi connectivity index (χ4n) is 4.97. The molecule has 0 saturated carbocycles. The van der Waals surface area contributed by atoms with E-state index in [-0.39, 0.29) is 0 Å². The lowest BCUT2D eigenvalue weighted by atomic mass is 9.85. The maximum Gasteiger partial charge on any atom is 0.175 e. The number of ether oxygens (including phenoxy) is 1. The van der Waals surface area contributed by atoms with Gasteiger partial charge in [0.25, 0.3) is 0 Å². The highest BCUT2D eigenvalue weighted by Gasteiger charge is 2.35. The Morgan fingerprint density at radius 1 is 1.20 bits per heavy atom. The molecule has 0 amide bonds. The van der Waals surface area contributed by atoms with Gasteiger partial charge in [0.2, 0.25) is 0 Å². The van der Waals surface area contributed by atoms with Crippen LogP contribution in [-0.2, 0) is 22.7 Å². The molecule has 1 aliphatic heterocycles. The summed E-state index contributed by atoms with van der Waals surface area (Å²) in [5.41, 5.74) is 3.39. The molecule has 0 bridgehead atoms. The van der Waals surface area contributed by atoms with Gasteiger partial charge in [-0.05, 0) is 74.1 Å². The van der Waals surface area contributed by atoms with Crippen LogP contribution in [0, 0.1) is 17.2 Å². The summed E-state index contributed by atoms with van der Waals surface area (Å²) in [5.74, 6) is 1.17. The smallest absolute Gasteiger partial charge is 0.175 e. The Bertz CT molecular complexity index is 1060. The first-order valence-electron chi connectivity index (χ1n) is 10.5. The first-order valence-corrected chi connectivity index (χ1v) is 12.4. The number of hydrogen-bond donors (Lipinski definition) is 0. The number of sulfone groups is 1. The molecule has 3 unspecified atom stereocenters. The van der Waals surface area contributed by atoms with Gasteiger partial charge in [-0.15, -0.1) is 0 Å². The standard InChI is InChI=1S/C24H28N2O3S/c1-17-12-18(16-29-22-7-9-23(10-8-22)30(2,27)28)15-26(17)21-6-11-24-19(13-21)4-3-5-20(24)14-25/h3-5,7-10,17-18,21H,6,11-13,15-16H2,1-2H3. The summed E-state index contributed by atoms with van der Waals surface area (Å²) in [5, 5.41) is 9.35. The normalized spacial score (nSPS) is 24.2. The molecule has 4 rings (SSSR count). The van der Waals surface area contributed by atoms with Crippen molar-refractivity contribution >= 4 is 9.84 Å². The molecule has 158 valence electrons. The van der Waals surface area contributed by atoms with E-state index in [0.29, 0.717) is 35.3 Å². The van der Waals surface area contributed by atoms with E-state index < -0.39 is 9.84 Å². The van der Waals surface area contributed by atoms with Crippen molar-refractivity contribution < 1.29 is 13.2 Å². The van der Waals surface area contributed by atoms with E-state index in [0.717, 1.165) is 37.8 Å². The third-order valence-electron chi connectivity index (χ3n) is 6.49. The third kappa shape index (κ3) is 4.38. The molecule has 0 N–H and O–H groups in total. The Hall–Kier alpha value is -2.36. The van der Waals surface area contributed by atoms with Crippen LogP contribution in [0.25, 0.3) is 0 Å². The molecule has 3 atom stereocenters. The predicted molar refractivity (Wildman–Crippen MR) is 116 cm³/mol. The number of likely N-dealkylation sites (tertiary alicyclic amines) is 1. The molecule has 1 aliphatic carbocycles. The zero-order valence-electron chi connectivity index (χ0n) is 17.5. The van der Waals surface area contributed by atoms with Crippen LogP contribution in [0.1, 0.15) is 36.5 Å². The number of rotatable bonds is 5. The summed E-state index contributed by atoms with van der Waals surface area (Å²) in [6.45, 7) is 3.95. The SMILES string of the molecule is CC1CC(COc2ccc(S(C)(=O)=O)cc2)CN1C1CCc2c(C#N)cccc2C1. The molecule has 6 heteroatoms. The van der Waals surface area contributed by atoms with Crippen LogP contribution in [0.15, 0.2) is 47.4 Å². The minimum atomic E-state index is -3.18.